The summed E-state index contributed by atoms with van der Waals surface area (Å²) < 4.78 is 15.5. The lowest BCUT2D eigenvalue weighted by Gasteiger charge is -2.26. The van der Waals surface area contributed by atoms with Gasteiger partial charge in [-0.25, -0.2) is 4.98 Å². The molecule has 1 fully saturated rings. The Morgan fingerprint density at radius 3 is 2.79 bits per heavy atom. The van der Waals surface area contributed by atoms with Gasteiger partial charge in [0.25, 0.3) is 11.8 Å². The number of carbonyl (C=O) groups is 2. The number of aliphatic hydroxyl groups is 1. The van der Waals surface area contributed by atoms with Gasteiger partial charge in [-0.15, -0.1) is 11.3 Å². The maximum Gasteiger partial charge on any atom is 0.290 e. The molecule has 5 rings (SSSR count). The minimum absolute atomic E-state index is 0.119. The van der Waals surface area contributed by atoms with E-state index < -0.39 is 11.9 Å². The molecular formula is C31H31FN6O3S. The molecule has 2 N–H and O–H groups in total. The van der Waals surface area contributed by atoms with Crippen molar-refractivity contribution in [2.24, 2.45) is 10.4 Å². The number of hydrogen-bond acceptors (Lipinski definition) is 6. The topological polar surface area (TPSA) is 127 Å². The van der Waals surface area contributed by atoms with Crippen LogP contribution in [0.2, 0.25) is 0 Å². The predicted molar refractivity (Wildman–Crippen MR) is 157 cm³/mol. The molecule has 2 amide bonds. The van der Waals surface area contributed by atoms with Crippen molar-refractivity contribution in [3.63, 3.8) is 0 Å². The van der Waals surface area contributed by atoms with Crippen LogP contribution >= 0.6 is 11.3 Å². The van der Waals surface area contributed by atoms with Crippen LogP contribution in [0.3, 0.4) is 0 Å². The number of nitrogens with one attached hydrogen (secondary N) is 1. The van der Waals surface area contributed by atoms with E-state index in [4.69, 9.17) is 0 Å². The van der Waals surface area contributed by atoms with Gasteiger partial charge in [-0.1, -0.05) is 32.9 Å². The Hall–Kier alpha value is -4.40. The summed E-state index contributed by atoms with van der Waals surface area (Å²) in [5.74, 6) is -1.37. The summed E-state index contributed by atoms with van der Waals surface area (Å²) in [4.78, 5) is 40.8. The smallest absolute Gasteiger partial charge is 0.290 e. The number of halogens is 1. The number of allylic oxidation sites excluding steroid dienone is 1. The van der Waals surface area contributed by atoms with E-state index >= 15 is 0 Å². The van der Waals surface area contributed by atoms with Crippen molar-refractivity contribution in [3.05, 3.63) is 82.3 Å². The molecule has 1 atom stereocenters. The molecule has 0 spiro atoms. The summed E-state index contributed by atoms with van der Waals surface area (Å²) in [6.45, 7) is 6.57. The van der Waals surface area contributed by atoms with Gasteiger partial charge in [0.15, 0.2) is 0 Å². The number of fused-ring (bicyclic) bond motifs is 1. The van der Waals surface area contributed by atoms with E-state index in [1.807, 2.05) is 31.4 Å². The standard InChI is InChI=1S/C31H31FN6O3S/c1-31(2,3)15-21(16-33)29(41)37-12-4-5-22(37)17-38-24-7-6-19(18-39)13-23(24)35-30(38)36-28(40)26-9-8-25(42-26)20-10-11-34-27(32)14-20/h6-11,13-15,22,39H,4-5,12,17-18H2,1-3H3,(H,35,36,40). The molecule has 1 aliphatic rings. The number of nitrogens with zero attached hydrogens (tertiary/aromatic N) is 5. The summed E-state index contributed by atoms with van der Waals surface area (Å²) in [5.41, 5.74) is 2.87. The number of benzene rings is 1. The Balaban J connectivity index is 1.51. The zero-order chi connectivity index (χ0) is 30.0. The number of likely N-dealkylation sites (tertiary alicyclic amines) is 1. The minimum Gasteiger partial charge on any atom is -0.392 e. The number of carbonyl (C=O) groups excluding carboxylic acids is 2. The molecule has 42 heavy (non-hydrogen) atoms. The lowest BCUT2D eigenvalue weighted by molar-refractivity contribution is -0.127. The maximum absolute atomic E-state index is 13.6. The van der Waals surface area contributed by atoms with Crippen molar-refractivity contribution in [1.82, 2.24) is 19.4 Å². The molecular weight excluding hydrogens is 555 g/mol. The SMILES string of the molecule is CC(C)(C)C=C(C#N)C(=O)N1CCCC1Cn1c(=NC(=O)c2ccc(-c3ccnc(F)c3)s2)[nH]c2cc(CO)ccc21. The molecule has 11 heteroatoms. The average Bonchev–Trinajstić information content (AvgIpc) is 3.70. The van der Waals surface area contributed by atoms with Crippen LogP contribution in [0.1, 0.15) is 48.8 Å². The molecule has 1 aromatic carbocycles. The van der Waals surface area contributed by atoms with Crippen molar-refractivity contribution in [2.75, 3.05) is 6.54 Å². The summed E-state index contributed by atoms with van der Waals surface area (Å²) in [7, 11) is 0. The van der Waals surface area contributed by atoms with Crippen LogP contribution in [0, 0.1) is 22.7 Å². The van der Waals surface area contributed by atoms with Crippen LogP contribution in [0.25, 0.3) is 21.5 Å². The molecule has 0 aliphatic carbocycles. The maximum atomic E-state index is 13.6. The molecule has 1 aliphatic heterocycles. The van der Waals surface area contributed by atoms with E-state index in [1.165, 1.54) is 23.6 Å². The van der Waals surface area contributed by atoms with Gasteiger partial charge >= 0.3 is 0 Å². The van der Waals surface area contributed by atoms with Crippen molar-refractivity contribution < 1.29 is 19.1 Å². The van der Waals surface area contributed by atoms with Crippen LogP contribution in [0.15, 0.2) is 65.3 Å². The van der Waals surface area contributed by atoms with Crippen molar-refractivity contribution in [3.8, 4) is 16.5 Å². The van der Waals surface area contributed by atoms with Gasteiger partial charge < -0.3 is 19.6 Å². The number of aliphatic hydroxyl groups excluding tert-OH is 1. The number of amides is 2. The number of aromatic amines is 1. The van der Waals surface area contributed by atoms with Crippen LogP contribution in [0.5, 0.6) is 0 Å². The van der Waals surface area contributed by atoms with Crippen LogP contribution < -0.4 is 5.62 Å². The Morgan fingerprint density at radius 2 is 2.07 bits per heavy atom. The number of rotatable bonds is 6. The third-order valence-electron chi connectivity index (χ3n) is 7.03. The van der Waals surface area contributed by atoms with Gasteiger partial charge in [-0.05, 0) is 59.7 Å². The van der Waals surface area contributed by atoms with E-state index in [1.54, 1.807) is 41.3 Å². The van der Waals surface area contributed by atoms with Gasteiger partial charge in [-0.2, -0.15) is 14.6 Å². The molecule has 0 saturated carbocycles. The number of thiophene rings is 1. The summed E-state index contributed by atoms with van der Waals surface area (Å²) in [6, 6.07) is 13.7. The highest BCUT2D eigenvalue weighted by atomic mass is 32.1. The largest absolute Gasteiger partial charge is 0.392 e. The fourth-order valence-corrected chi connectivity index (χ4v) is 6.03. The minimum atomic E-state index is -0.602. The third kappa shape index (κ3) is 6.25. The fraction of sp³-hybridized carbons (Fsp3) is 0.323. The van der Waals surface area contributed by atoms with Gasteiger partial charge in [-0.3, -0.25) is 9.59 Å². The average molecular weight is 587 g/mol. The number of aromatic nitrogens is 3. The number of imidazole rings is 1. The van der Waals surface area contributed by atoms with E-state index in [2.05, 4.69) is 21.0 Å². The molecule has 4 aromatic rings. The number of pyridine rings is 1. The quantitative estimate of drug-likeness (QED) is 0.188. The van der Waals surface area contributed by atoms with Gasteiger partial charge in [0, 0.05) is 30.2 Å². The highest BCUT2D eigenvalue weighted by molar-refractivity contribution is 7.17. The summed E-state index contributed by atoms with van der Waals surface area (Å²) in [6.07, 6.45) is 4.61. The first-order valence-electron chi connectivity index (χ1n) is 13.6. The first-order chi connectivity index (χ1) is 20.1. The van der Waals surface area contributed by atoms with Crippen molar-refractivity contribution >= 4 is 34.2 Å². The summed E-state index contributed by atoms with van der Waals surface area (Å²) >= 11 is 1.20. The zero-order valence-corrected chi connectivity index (χ0v) is 24.4. The predicted octanol–water partition coefficient (Wildman–Crippen LogP) is 4.95. The van der Waals surface area contributed by atoms with Gasteiger partial charge in [0.2, 0.25) is 11.6 Å². The number of H-pyrrole nitrogens is 1. The third-order valence-corrected chi connectivity index (χ3v) is 8.15. The van der Waals surface area contributed by atoms with Crippen molar-refractivity contribution in [2.45, 2.75) is 52.8 Å². The Kier molecular flexibility index (Phi) is 8.20. The monoisotopic (exact) mass is 586 g/mol. The van der Waals surface area contributed by atoms with E-state index in [-0.39, 0.29) is 29.5 Å². The Bertz CT molecular complexity index is 1800. The molecule has 0 radical (unpaired) electrons. The fourth-order valence-electron chi connectivity index (χ4n) is 5.14. The first kappa shape index (κ1) is 29.1. The number of nitriles is 1. The second-order valence-corrected chi connectivity index (χ2v) is 12.4. The molecule has 1 unspecified atom stereocenters. The highest BCUT2D eigenvalue weighted by Crippen LogP contribution is 2.29. The summed E-state index contributed by atoms with van der Waals surface area (Å²) in [5, 5.41) is 19.4. The molecule has 4 heterocycles. The molecule has 0 bridgehead atoms. The van der Waals surface area contributed by atoms with Gasteiger partial charge in [0.05, 0.1) is 28.6 Å². The Labute approximate surface area is 246 Å². The van der Waals surface area contributed by atoms with E-state index in [9.17, 15) is 24.3 Å². The zero-order valence-electron chi connectivity index (χ0n) is 23.6. The molecule has 1 saturated heterocycles. The Morgan fingerprint density at radius 1 is 1.26 bits per heavy atom. The second-order valence-electron chi connectivity index (χ2n) is 11.3. The van der Waals surface area contributed by atoms with Crippen LogP contribution in [-0.2, 0) is 17.9 Å². The number of hydrogen-bond donors (Lipinski definition) is 2. The normalized spacial score (nSPS) is 16.3. The van der Waals surface area contributed by atoms with E-state index in [0.29, 0.717) is 45.1 Å². The van der Waals surface area contributed by atoms with Gasteiger partial charge in [0.1, 0.15) is 11.6 Å². The van der Waals surface area contributed by atoms with E-state index in [0.717, 1.165) is 18.4 Å². The van der Waals surface area contributed by atoms with Crippen LogP contribution in [-0.4, -0.2) is 48.9 Å². The lowest BCUT2D eigenvalue weighted by Crippen LogP contribution is -2.40. The highest BCUT2D eigenvalue weighted by Gasteiger charge is 2.32. The van der Waals surface area contributed by atoms with Crippen LogP contribution in [0.4, 0.5) is 4.39 Å². The molecule has 9 nitrogen and oxygen atoms in total. The first-order valence-corrected chi connectivity index (χ1v) is 14.4. The second kappa shape index (κ2) is 11.8. The molecule has 216 valence electrons. The van der Waals surface area contributed by atoms with Crippen molar-refractivity contribution in [1.29, 1.82) is 5.26 Å². The lowest BCUT2D eigenvalue weighted by atomic mass is 9.93. The molecule has 3 aromatic heterocycles.